The fourth-order valence-corrected chi connectivity index (χ4v) is 4.32. The van der Waals surface area contributed by atoms with Gasteiger partial charge in [0.1, 0.15) is 29.7 Å². The lowest BCUT2D eigenvalue weighted by molar-refractivity contribution is 0.0576. The molecular weight excluding hydrogens is 449 g/mol. The molecule has 1 saturated heterocycles. The number of carbonyl (C=O) groups is 1. The molecule has 1 fully saturated rings. The highest BCUT2D eigenvalue weighted by atomic mass is 19.1. The van der Waals surface area contributed by atoms with Gasteiger partial charge in [-0.3, -0.25) is 14.8 Å². The van der Waals surface area contributed by atoms with Crippen molar-refractivity contribution in [3.8, 4) is 11.5 Å². The number of nitrogens with one attached hydrogen (secondary N) is 1. The predicted molar refractivity (Wildman–Crippen MR) is 126 cm³/mol. The van der Waals surface area contributed by atoms with Gasteiger partial charge in [0.05, 0.1) is 11.6 Å². The van der Waals surface area contributed by atoms with Gasteiger partial charge in [-0.2, -0.15) is 0 Å². The Balaban J connectivity index is 1.39. The summed E-state index contributed by atoms with van der Waals surface area (Å²) >= 11 is 0. The normalized spacial score (nSPS) is 19.6. The number of furan rings is 1. The van der Waals surface area contributed by atoms with Crippen LogP contribution in [0.5, 0.6) is 11.5 Å². The van der Waals surface area contributed by atoms with E-state index in [0.717, 1.165) is 5.56 Å². The zero-order chi connectivity index (χ0) is 24.4. The van der Waals surface area contributed by atoms with E-state index < -0.39 is 11.6 Å². The Labute approximate surface area is 201 Å². The van der Waals surface area contributed by atoms with Crippen molar-refractivity contribution in [1.82, 2.24) is 15.4 Å². The number of pyridine rings is 1. The summed E-state index contributed by atoms with van der Waals surface area (Å²) in [4.78, 5) is 17.8. The first kappa shape index (κ1) is 22.6. The second-order valence-electron chi connectivity index (χ2n) is 8.65. The number of benzene rings is 2. The van der Waals surface area contributed by atoms with Crippen LogP contribution in [0.2, 0.25) is 0 Å². The van der Waals surface area contributed by atoms with E-state index in [1.807, 2.05) is 25.1 Å². The molecule has 1 amide bonds. The second-order valence-corrected chi connectivity index (χ2v) is 8.65. The van der Waals surface area contributed by atoms with Gasteiger partial charge in [-0.05, 0) is 67.4 Å². The molecule has 0 bridgehead atoms. The molecule has 2 aromatic carbocycles. The number of hydrazine groups is 1. The van der Waals surface area contributed by atoms with E-state index in [1.165, 1.54) is 29.3 Å². The van der Waals surface area contributed by atoms with Crippen LogP contribution in [0, 0.1) is 5.82 Å². The zero-order valence-electron chi connectivity index (χ0n) is 19.0. The van der Waals surface area contributed by atoms with E-state index >= 15 is 0 Å². The molecule has 2 unspecified atom stereocenters. The summed E-state index contributed by atoms with van der Waals surface area (Å²) in [6, 6.07) is 19.3. The number of para-hydroxylation sites is 1. The first-order chi connectivity index (χ1) is 16.9. The Morgan fingerprint density at radius 3 is 2.71 bits per heavy atom. The third-order valence-electron chi connectivity index (χ3n) is 6.16. The summed E-state index contributed by atoms with van der Waals surface area (Å²) in [6.45, 7) is 2.08. The SMILES string of the molecule is CC1(c2cccnc2)CC(c2ccccc2O)N(C(=O)c2ccc(COc3ccc(F)cc3)o2)N1. The van der Waals surface area contributed by atoms with Crippen LogP contribution in [-0.2, 0) is 12.1 Å². The maximum atomic E-state index is 13.6. The first-order valence-electron chi connectivity index (χ1n) is 11.2. The molecule has 0 aliphatic carbocycles. The van der Waals surface area contributed by atoms with E-state index in [1.54, 1.807) is 42.7 Å². The maximum absolute atomic E-state index is 13.6. The van der Waals surface area contributed by atoms with Crippen LogP contribution in [0.3, 0.4) is 0 Å². The Hall–Kier alpha value is -4.17. The number of amides is 1. The summed E-state index contributed by atoms with van der Waals surface area (Å²) < 4.78 is 24.5. The number of rotatable bonds is 6. The van der Waals surface area contributed by atoms with Crippen LogP contribution in [0.4, 0.5) is 4.39 Å². The number of aromatic hydroxyl groups is 1. The molecular formula is C27H24FN3O4. The van der Waals surface area contributed by atoms with Gasteiger partial charge in [0, 0.05) is 18.0 Å². The molecule has 1 aliphatic rings. The van der Waals surface area contributed by atoms with Gasteiger partial charge in [-0.25, -0.2) is 9.82 Å². The van der Waals surface area contributed by atoms with Crippen LogP contribution in [-0.4, -0.2) is 21.0 Å². The van der Waals surface area contributed by atoms with Crippen molar-refractivity contribution < 1.29 is 23.4 Å². The number of halogens is 1. The van der Waals surface area contributed by atoms with Crippen LogP contribution >= 0.6 is 0 Å². The number of ether oxygens (including phenoxy) is 1. The number of phenolic OH excluding ortho intramolecular Hbond substituents is 1. The monoisotopic (exact) mass is 473 g/mol. The van der Waals surface area contributed by atoms with Crippen molar-refractivity contribution in [2.75, 3.05) is 0 Å². The lowest BCUT2D eigenvalue weighted by Crippen LogP contribution is -2.45. The quantitative estimate of drug-likeness (QED) is 0.405. The van der Waals surface area contributed by atoms with Crippen molar-refractivity contribution in [2.45, 2.75) is 31.5 Å². The summed E-state index contributed by atoms with van der Waals surface area (Å²) in [5.41, 5.74) is 4.29. The Morgan fingerprint density at radius 1 is 1.17 bits per heavy atom. The molecule has 8 heteroatoms. The number of nitrogens with zero attached hydrogens (tertiary/aromatic N) is 2. The minimum absolute atomic E-state index is 0.0860. The van der Waals surface area contributed by atoms with Gasteiger partial charge in [-0.15, -0.1) is 0 Å². The van der Waals surface area contributed by atoms with Gasteiger partial charge in [0.25, 0.3) is 0 Å². The smallest absolute Gasteiger partial charge is 0.304 e. The summed E-state index contributed by atoms with van der Waals surface area (Å²) in [5, 5.41) is 12.0. The van der Waals surface area contributed by atoms with Crippen molar-refractivity contribution in [2.24, 2.45) is 0 Å². The van der Waals surface area contributed by atoms with Crippen LogP contribution in [0.1, 0.15) is 46.8 Å². The van der Waals surface area contributed by atoms with E-state index in [4.69, 9.17) is 9.15 Å². The highest BCUT2D eigenvalue weighted by molar-refractivity contribution is 5.92. The minimum Gasteiger partial charge on any atom is -0.508 e. The Morgan fingerprint density at radius 2 is 1.97 bits per heavy atom. The van der Waals surface area contributed by atoms with Crippen molar-refractivity contribution in [1.29, 1.82) is 0 Å². The Bertz CT molecular complexity index is 1330. The molecule has 0 saturated carbocycles. The highest BCUT2D eigenvalue weighted by Crippen LogP contribution is 2.44. The van der Waals surface area contributed by atoms with Gasteiger partial charge >= 0.3 is 5.91 Å². The largest absolute Gasteiger partial charge is 0.508 e. The lowest BCUT2D eigenvalue weighted by atomic mass is 9.87. The lowest BCUT2D eigenvalue weighted by Gasteiger charge is -2.27. The van der Waals surface area contributed by atoms with Crippen molar-refractivity contribution in [3.05, 3.63) is 114 Å². The molecule has 2 atom stereocenters. The predicted octanol–water partition coefficient (Wildman–Crippen LogP) is 5.11. The van der Waals surface area contributed by atoms with Crippen LogP contribution in [0.25, 0.3) is 0 Å². The van der Waals surface area contributed by atoms with Gasteiger partial charge in [0.15, 0.2) is 5.76 Å². The van der Waals surface area contributed by atoms with Gasteiger partial charge < -0.3 is 14.3 Å². The summed E-state index contributed by atoms with van der Waals surface area (Å²) in [7, 11) is 0. The number of hydrogen-bond donors (Lipinski definition) is 2. The molecule has 4 aromatic rings. The first-order valence-corrected chi connectivity index (χ1v) is 11.2. The van der Waals surface area contributed by atoms with Crippen LogP contribution in [0.15, 0.2) is 89.6 Å². The average molecular weight is 474 g/mol. The zero-order valence-corrected chi connectivity index (χ0v) is 19.0. The number of aromatic nitrogens is 1. The van der Waals surface area contributed by atoms with Crippen molar-refractivity contribution in [3.63, 3.8) is 0 Å². The molecule has 3 heterocycles. The molecule has 1 aliphatic heterocycles. The van der Waals surface area contributed by atoms with Gasteiger partial charge in [0.2, 0.25) is 0 Å². The molecule has 2 N–H and O–H groups in total. The fourth-order valence-electron chi connectivity index (χ4n) is 4.32. The molecule has 7 nitrogen and oxygen atoms in total. The van der Waals surface area contributed by atoms with Crippen molar-refractivity contribution >= 4 is 5.91 Å². The minimum atomic E-state index is -0.599. The third kappa shape index (κ3) is 4.61. The molecule has 0 spiro atoms. The van der Waals surface area contributed by atoms with E-state index in [9.17, 15) is 14.3 Å². The third-order valence-corrected chi connectivity index (χ3v) is 6.16. The average Bonchev–Trinajstić information content (AvgIpc) is 3.50. The van der Waals surface area contributed by atoms with E-state index in [2.05, 4.69) is 10.4 Å². The standard InChI is InChI=1S/C27H24FN3O4/c1-27(18-5-4-14-29-16-18)15-23(22-6-2-3-7-24(22)32)31(30-27)26(33)25-13-12-21(35-25)17-34-20-10-8-19(28)9-11-20/h2-14,16,23,30,32H,15,17H2,1H3. The molecule has 0 radical (unpaired) electrons. The van der Waals surface area contributed by atoms with Crippen LogP contribution < -0.4 is 10.2 Å². The molecule has 5 rings (SSSR count). The topological polar surface area (TPSA) is 87.8 Å². The number of phenols is 1. The molecule has 35 heavy (non-hydrogen) atoms. The van der Waals surface area contributed by atoms with E-state index in [-0.39, 0.29) is 29.8 Å². The number of carbonyl (C=O) groups excluding carboxylic acids is 1. The molecule has 178 valence electrons. The Kier molecular flexibility index (Phi) is 5.96. The fraction of sp³-hybridized carbons (Fsp3) is 0.185. The van der Waals surface area contributed by atoms with E-state index in [0.29, 0.717) is 23.5 Å². The summed E-state index contributed by atoms with van der Waals surface area (Å²) in [5.74, 6) is 0.457. The maximum Gasteiger partial charge on any atom is 0.304 e. The second kappa shape index (κ2) is 9.23. The highest BCUT2D eigenvalue weighted by Gasteiger charge is 2.46. The molecule has 2 aromatic heterocycles. The van der Waals surface area contributed by atoms with Gasteiger partial charge in [-0.1, -0.05) is 24.3 Å². The summed E-state index contributed by atoms with van der Waals surface area (Å²) in [6.07, 6.45) is 3.98. The number of hydrogen-bond acceptors (Lipinski definition) is 6.